The summed E-state index contributed by atoms with van der Waals surface area (Å²) in [5, 5.41) is 15.1. The zero-order chi connectivity index (χ0) is 17.6. The molecule has 3 N–H and O–H groups in total. The van der Waals surface area contributed by atoms with E-state index in [0.717, 1.165) is 19.3 Å². The molecule has 1 heterocycles. The van der Waals surface area contributed by atoms with Gasteiger partial charge in [0.2, 0.25) is 5.88 Å². The van der Waals surface area contributed by atoms with Crippen LogP contribution in [-0.4, -0.2) is 41.1 Å². The molecule has 0 radical (unpaired) electrons. The van der Waals surface area contributed by atoms with Crippen molar-refractivity contribution in [2.24, 2.45) is 0 Å². The third-order valence-corrected chi connectivity index (χ3v) is 3.68. The number of hydrogen-bond donors (Lipinski definition) is 3. The highest BCUT2D eigenvalue weighted by atomic mass is 19.4. The second kappa shape index (κ2) is 8.18. The third kappa shape index (κ3) is 6.23. The average Bonchev–Trinajstić information content (AvgIpc) is 2.53. The van der Waals surface area contributed by atoms with Gasteiger partial charge in [0.1, 0.15) is 0 Å². The number of rotatable bonds is 5. The summed E-state index contributed by atoms with van der Waals surface area (Å²) >= 11 is 0. The molecule has 2 rings (SSSR count). The second-order valence-corrected chi connectivity index (χ2v) is 5.69. The van der Waals surface area contributed by atoms with Gasteiger partial charge in [-0.1, -0.05) is 12.8 Å². The number of urea groups is 1. The van der Waals surface area contributed by atoms with Gasteiger partial charge >= 0.3 is 12.2 Å². The Labute approximate surface area is 137 Å². The van der Waals surface area contributed by atoms with Gasteiger partial charge in [0.25, 0.3) is 0 Å². The summed E-state index contributed by atoms with van der Waals surface area (Å²) in [6.07, 6.45) is -0.394. The van der Waals surface area contributed by atoms with E-state index in [1.165, 1.54) is 12.3 Å². The Morgan fingerprint density at radius 2 is 2.12 bits per heavy atom. The van der Waals surface area contributed by atoms with Crippen molar-refractivity contribution in [3.63, 3.8) is 0 Å². The van der Waals surface area contributed by atoms with Crippen LogP contribution in [0.3, 0.4) is 0 Å². The minimum Gasteiger partial charge on any atom is -0.468 e. The Morgan fingerprint density at radius 1 is 1.38 bits per heavy atom. The monoisotopic (exact) mass is 347 g/mol. The van der Waals surface area contributed by atoms with Crippen LogP contribution in [0.25, 0.3) is 0 Å². The zero-order valence-electron chi connectivity index (χ0n) is 13.0. The zero-order valence-corrected chi connectivity index (χ0v) is 13.0. The fourth-order valence-electron chi connectivity index (χ4n) is 2.48. The van der Waals surface area contributed by atoms with Gasteiger partial charge in [-0.05, 0) is 24.5 Å². The Balaban J connectivity index is 1.79. The molecule has 134 valence electrons. The highest BCUT2D eigenvalue weighted by Gasteiger charge is 2.28. The van der Waals surface area contributed by atoms with Crippen molar-refractivity contribution in [3.05, 3.63) is 23.9 Å². The number of ether oxygens (including phenoxy) is 1. The molecular weight excluding hydrogens is 327 g/mol. The van der Waals surface area contributed by atoms with Crippen molar-refractivity contribution >= 4 is 6.03 Å². The number of aliphatic hydroxyl groups excluding tert-OH is 1. The van der Waals surface area contributed by atoms with Gasteiger partial charge in [-0.3, -0.25) is 0 Å². The summed E-state index contributed by atoms with van der Waals surface area (Å²) in [6, 6.07) is 2.19. The van der Waals surface area contributed by atoms with Crippen LogP contribution < -0.4 is 15.4 Å². The van der Waals surface area contributed by atoms with Crippen LogP contribution in [0, 0.1) is 0 Å². The first-order valence-electron chi connectivity index (χ1n) is 7.70. The van der Waals surface area contributed by atoms with Gasteiger partial charge in [-0.2, -0.15) is 13.2 Å². The first-order valence-corrected chi connectivity index (χ1v) is 7.70. The SMILES string of the molecule is O=C(NCc1ccnc(OCC(F)(F)F)c1)N[C@@H]1CCCC[C@H]1O. The molecule has 1 fully saturated rings. The summed E-state index contributed by atoms with van der Waals surface area (Å²) in [5.74, 6) is -0.158. The first kappa shape index (κ1) is 18.3. The van der Waals surface area contributed by atoms with Crippen molar-refractivity contribution in [3.8, 4) is 5.88 Å². The van der Waals surface area contributed by atoms with Crippen molar-refractivity contribution < 1.29 is 27.8 Å². The fourth-order valence-corrected chi connectivity index (χ4v) is 2.48. The molecule has 0 bridgehead atoms. The maximum Gasteiger partial charge on any atom is 0.422 e. The minimum atomic E-state index is -4.43. The Hall–Kier alpha value is -2.03. The van der Waals surface area contributed by atoms with E-state index in [0.29, 0.717) is 12.0 Å². The molecule has 0 spiro atoms. The summed E-state index contributed by atoms with van der Waals surface area (Å²) in [7, 11) is 0. The molecule has 1 aliphatic rings. The predicted molar refractivity (Wildman–Crippen MR) is 79.4 cm³/mol. The second-order valence-electron chi connectivity index (χ2n) is 5.69. The Kier molecular flexibility index (Phi) is 6.24. The number of halogens is 3. The number of aromatic nitrogens is 1. The molecule has 1 aromatic rings. The molecule has 2 amide bonds. The molecule has 6 nitrogen and oxygen atoms in total. The Morgan fingerprint density at radius 3 is 2.83 bits per heavy atom. The molecule has 0 aromatic carbocycles. The highest BCUT2D eigenvalue weighted by molar-refractivity contribution is 5.74. The highest BCUT2D eigenvalue weighted by Crippen LogP contribution is 2.19. The molecule has 1 aliphatic carbocycles. The van der Waals surface area contributed by atoms with Gasteiger partial charge in [0.05, 0.1) is 12.1 Å². The number of carbonyl (C=O) groups is 1. The minimum absolute atomic E-state index is 0.111. The van der Waals surface area contributed by atoms with Gasteiger partial charge in [-0.15, -0.1) is 0 Å². The largest absolute Gasteiger partial charge is 0.468 e. The van der Waals surface area contributed by atoms with E-state index in [1.807, 2.05) is 0 Å². The van der Waals surface area contributed by atoms with Crippen LogP contribution in [0.15, 0.2) is 18.3 Å². The van der Waals surface area contributed by atoms with Crippen molar-refractivity contribution in [2.75, 3.05) is 6.61 Å². The maximum atomic E-state index is 12.1. The van der Waals surface area contributed by atoms with Crippen LogP contribution in [0.2, 0.25) is 0 Å². The van der Waals surface area contributed by atoms with Crippen LogP contribution in [-0.2, 0) is 6.54 Å². The molecule has 0 aliphatic heterocycles. The van der Waals surface area contributed by atoms with Gasteiger partial charge in [0, 0.05) is 18.8 Å². The lowest BCUT2D eigenvalue weighted by atomic mass is 9.93. The van der Waals surface area contributed by atoms with E-state index in [-0.39, 0.29) is 18.5 Å². The van der Waals surface area contributed by atoms with Crippen molar-refractivity contribution in [2.45, 2.75) is 50.6 Å². The molecule has 0 saturated heterocycles. The normalized spacial score (nSPS) is 21.2. The number of amides is 2. The number of nitrogens with one attached hydrogen (secondary N) is 2. The topological polar surface area (TPSA) is 83.5 Å². The summed E-state index contributed by atoms with van der Waals surface area (Å²) in [6.45, 7) is -1.31. The van der Waals surface area contributed by atoms with Crippen molar-refractivity contribution in [1.29, 1.82) is 0 Å². The smallest absolute Gasteiger partial charge is 0.422 e. The maximum absolute atomic E-state index is 12.1. The lowest BCUT2D eigenvalue weighted by Crippen LogP contribution is -2.48. The fraction of sp³-hybridized carbons (Fsp3) is 0.600. The van der Waals surface area contributed by atoms with Gasteiger partial charge < -0.3 is 20.5 Å². The molecule has 9 heteroatoms. The van der Waals surface area contributed by atoms with E-state index in [1.54, 1.807) is 6.07 Å². The van der Waals surface area contributed by atoms with E-state index in [2.05, 4.69) is 20.4 Å². The quantitative estimate of drug-likeness (QED) is 0.762. The van der Waals surface area contributed by atoms with E-state index >= 15 is 0 Å². The lowest BCUT2D eigenvalue weighted by Gasteiger charge is -2.28. The molecule has 1 aromatic heterocycles. The molecule has 0 unspecified atom stereocenters. The van der Waals surface area contributed by atoms with E-state index in [9.17, 15) is 23.1 Å². The van der Waals surface area contributed by atoms with Gasteiger partial charge in [0.15, 0.2) is 6.61 Å². The summed E-state index contributed by atoms with van der Waals surface area (Å²) in [5.41, 5.74) is 0.557. The number of aliphatic hydroxyl groups is 1. The number of nitrogens with zero attached hydrogens (tertiary/aromatic N) is 1. The Bertz CT molecular complexity index is 554. The van der Waals surface area contributed by atoms with Crippen molar-refractivity contribution in [1.82, 2.24) is 15.6 Å². The molecular formula is C15H20F3N3O3. The first-order chi connectivity index (χ1) is 11.3. The van der Waals surface area contributed by atoms with Crippen LogP contribution in [0.5, 0.6) is 5.88 Å². The third-order valence-electron chi connectivity index (χ3n) is 3.68. The van der Waals surface area contributed by atoms with Crippen LogP contribution in [0.1, 0.15) is 31.2 Å². The number of carbonyl (C=O) groups excluding carboxylic acids is 1. The molecule has 2 atom stereocenters. The average molecular weight is 347 g/mol. The van der Waals surface area contributed by atoms with E-state index in [4.69, 9.17) is 0 Å². The lowest BCUT2D eigenvalue weighted by molar-refractivity contribution is -0.154. The summed E-state index contributed by atoms with van der Waals surface area (Å²) < 4.78 is 40.9. The van der Waals surface area contributed by atoms with Crippen LogP contribution >= 0.6 is 0 Å². The number of pyridine rings is 1. The van der Waals surface area contributed by atoms with Crippen LogP contribution in [0.4, 0.5) is 18.0 Å². The number of hydrogen-bond acceptors (Lipinski definition) is 4. The van der Waals surface area contributed by atoms with Gasteiger partial charge in [-0.25, -0.2) is 9.78 Å². The molecule has 24 heavy (non-hydrogen) atoms. The number of alkyl halides is 3. The predicted octanol–water partition coefficient (Wildman–Crippen LogP) is 2.13. The van der Waals surface area contributed by atoms with E-state index < -0.39 is 24.9 Å². The standard InChI is InChI=1S/C15H20F3N3O3/c16-15(17,18)9-24-13-7-10(5-6-19-13)8-20-14(23)21-11-3-1-2-4-12(11)22/h5-7,11-12,22H,1-4,8-9H2,(H2,20,21,23)/t11-,12-/m1/s1. The molecule has 1 saturated carbocycles. The summed E-state index contributed by atoms with van der Waals surface area (Å²) in [4.78, 5) is 15.5.